The molecule has 1 atom stereocenters. The molecule has 17 heavy (non-hydrogen) atoms. The van der Waals surface area contributed by atoms with E-state index in [9.17, 15) is 4.79 Å². The van der Waals surface area contributed by atoms with E-state index in [1.165, 1.54) is 4.90 Å². The Morgan fingerprint density at radius 2 is 2.18 bits per heavy atom. The summed E-state index contributed by atoms with van der Waals surface area (Å²) in [6, 6.07) is 3.26. The Morgan fingerprint density at radius 3 is 2.65 bits per heavy atom. The Bertz CT molecular complexity index is 364. The van der Waals surface area contributed by atoms with Crippen LogP contribution in [0.1, 0.15) is 17.4 Å². The molecular formula is C11H18N4O2. The summed E-state index contributed by atoms with van der Waals surface area (Å²) in [5, 5.41) is 10.7. The van der Waals surface area contributed by atoms with Gasteiger partial charge in [-0.15, -0.1) is 10.2 Å². The molecule has 0 radical (unpaired) electrons. The summed E-state index contributed by atoms with van der Waals surface area (Å²) < 4.78 is 5.49. The number of nitrogens with one attached hydrogen (secondary N) is 1. The van der Waals surface area contributed by atoms with E-state index < -0.39 is 0 Å². The number of likely N-dealkylation sites (N-methyl/N-ethyl adjacent to an activating group) is 1. The second kappa shape index (κ2) is 6.15. The Kier molecular flexibility index (Phi) is 4.84. The zero-order valence-electron chi connectivity index (χ0n) is 10.6. The molecule has 0 aliphatic heterocycles. The minimum absolute atomic E-state index is 0.00435. The minimum Gasteiger partial charge on any atom is -0.472 e. The maximum atomic E-state index is 11.6. The number of carbonyl (C=O) groups is 1. The average molecular weight is 238 g/mol. The van der Waals surface area contributed by atoms with Crippen LogP contribution in [-0.4, -0.2) is 54.8 Å². The second-order valence-corrected chi connectivity index (χ2v) is 3.94. The molecule has 0 aliphatic carbocycles. The van der Waals surface area contributed by atoms with Crippen LogP contribution in [0.4, 0.5) is 0 Å². The quantitative estimate of drug-likeness (QED) is 0.791. The number of rotatable bonds is 5. The van der Waals surface area contributed by atoms with Gasteiger partial charge < -0.3 is 15.0 Å². The maximum absolute atomic E-state index is 11.6. The Hall–Kier alpha value is -1.69. The van der Waals surface area contributed by atoms with Crippen molar-refractivity contribution < 1.29 is 9.53 Å². The van der Waals surface area contributed by atoms with Crippen LogP contribution in [0, 0.1) is 0 Å². The lowest BCUT2D eigenvalue weighted by Crippen LogP contribution is -2.27. The predicted octanol–water partition coefficient (Wildman–Crippen LogP) is 0.165. The fourth-order valence-electron chi connectivity index (χ4n) is 1.26. The number of hydrogen-bond donors (Lipinski definition) is 1. The summed E-state index contributed by atoms with van der Waals surface area (Å²) in [7, 11) is 5.19. The van der Waals surface area contributed by atoms with Crippen LogP contribution in [-0.2, 0) is 0 Å². The van der Waals surface area contributed by atoms with Gasteiger partial charge in [0.15, 0.2) is 5.69 Å². The first kappa shape index (κ1) is 13.4. The van der Waals surface area contributed by atoms with Gasteiger partial charge in [0, 0.05) is 26.7 Å². The van der Waals surface area contributed by atoms with E-state index in [0.29, 0.717) is 11.6 Å². The van der Waals surface area contributed by atoms with Gasteiger partial charge in [-0.2, -0.15) is 0 Å². The Labute approximate surface area is 101 Å². The second-order valence-electron chi connectivity index (χ2n) is 3.94. The van der Waals surface area contributed by atoms with Crippen LogP contribution < -0.4 is 10.1 Å². The van der Waals surface area contributed by atoms with Gasteiger partial charge in [0.25, 0.3) is 5.91 Å². The number of aromatic nitrogens is 2. The largest absolute Gasteiger partial charge is 0.472 e. The monoisotopic (exact) mass is 238 g/mol. The highest BCUT2D eigenvalue weighted by atomic mass is 16.5. The zero-order valence-corrected chi connectivity index (χ0v) is 10.6. The van der Waals surface area contributed by atoms with Crippen LogP contribution >= 0.6 is 0 Å². The first-order chi connectivity index (χ1) is 8.04. The van der Waals surface area contributed by atoms with Crippen molar-refractivity contribution in [2.75, 3.05) is 27.7 Å². The molecule has 0 saturated heterocycles. The summed E-state index contributed by atoms with van der Waals surface area (Å²) in [6.45, 7) is 2.65. The highest BCUT2D eigenvalue weighted by molar-refractivity contribution is 5.91. The SMILES string of the molecule is CNCC(C)Oc1ccc(C(=O)N(C)C)nn1. The van der Waals surface area contributed by atoms with Crippen molar-refractivity contribution in [1.29, 1.82) is 0 Å². The van der Waals surface area contributed by atoms with E-state index in [1.807, 2.05) is 14.0 Å². The van der Waals surface area contributed by atoms with E-state index >= 15 is 0 Å². The summed E-state index contributed by atoms with van der Waals surface area (Å²) in [5.41, 5.74) is 0.309. The molecule has 0 saturated carbocycles. The molecule has 1 heterocycles. The van der Waals surface area contributed by atoms with E-state index in [0.717, 1.165) is 6.54 Å². The number of carbonyl (C=O) groups excluding carboxylic acids is 1. The summed E-state index contributed by atoms with van der Waals surface area (Å²) in [5.74, 6) is 0.246. The summed E-state index contributed by atoms with van der Waals surface area (Å²) in [6.07, 6.45) is 0.00435. The van der Waals surface area contributed by atoms with E-state index in [1.54, 1.807) is 26.2 Å². The first-order valence-corrected chi connectivity index (χ1v) is 5.41. The number of nitrogens with zero attached hydrogens (tertiary/aromatic N) is 3. The molecule has 0 aliphatic rings. The summed E-state index contributed by atoms with van der Waals surface area (Å²) >= 11 is 0. The Balaban J connectivity index is 2.65. The molecule has 1 rings (SSSR count). The van der Waals surface area contributed by atoms with Crippen molar-refractivity contribution in [2.24, 2.45) is 0 Å². The minimum atomic E-state index is -0.174. The van der Waals surface area contributed by atoms with Crippen LogP contribution in [0.25, 0.3) is 0 Å². The molecule has 6 nitrogen and oxygen atoms in total. The molecule has 0 fully saturated rings. The molecule has 94 valence electrons. The van der Waals surface area contributed by atoms with Crippen LogP contribution in [0.3, 0.4) is 0 Å². The molecule has 0 aromatic carbocycles. The molecular weight excluding hydrogens is 220 g/mol. The van der Waals surface area contributed by atoms with Gasteiger partial charge in [-0.3, -0.25) is 4.79 Å². The normalized spacial score (nSPS) is 12.0. The predicted molar refractivity (Wildman–Crippen MR) is 64.1 cm³/mol. The van der Waals surface area contributed by atoms with Gasteiger partial charge in [0.2, 0.25) is 5.88 Å². The lowest BCUT2D eigenvalue weighted by molar-refractivity contribution is 0.0820. The van der Waals surface area contributed by atoms with Crippen molar-refractivity contribution in [1.82, 2.24) is 20.4 Å². The fourth-order valence-corrected chi connectivity index (χ4v) is 1.26. The highest BCUT2D eigenvalue weighted by Gasteiger charge is 2.11. The zero-order chi connectivity index (χ0) is 12.8. The van der Waals surface area contributed by atoms with Gasteiger partial charge in [0.05, 0.1) is 0 Å². The van der Waals surface area contributed by atoms with Crippen molar-refractivity contribution >= 4 is 5.91 Å². The molecule has 1 aromatic rings. The lowest BCUT2D eigenvalue weighted by Gasteiger charge is -2.13. The van der Waals surface area contributed by atoms with Crippen molar-refractivity contribution in [3.05, 3.63) is 17.8 Å². The topological polar surface area (TPSA) is 67.3 Å². The molecule has 1 unspecified atom stereocenters. The van der Waals surface area contributed by atoms with Gasteiger partial charge in [-0.1, -0.05) is 0 Å². The molecule has 1 N–H and O–H groups in total. The fraction of sp³-hybridized carbons (Fsp3) is 0.545. The molecule has 6 heteroatoms. The van der Waals surface area contributed by atoms with Gasteiger partial charge in [-0.05, 0) is 20.0 Å². The average Bonchev–Trinajstić information content (AvgIpc) is 2.29. The molecule has 1 amide bonds. The first-order valence-electron chi connectivity index (χ1n) is 5.41. The van der Waals surface area contributed by atoms with Crippen molar-refractivity contribution in [3.63, 3.8) is 0 Å². The highest BCUT2D eigenvalue weighted by Crippen LogP contribution is 2.07. The van der Waals surface area contributed by atoms with Crippen molar-refractivity contribution in [3.8, 4) is 5.88 Å². The maximum Gasteiger partial charge on any atom is 0.273 e. The van der Waals surface area contributed by atoms with E-state index in [-0.39, 0.29) is 12.0 Å². The molecule has 0 bridgehead atoms. The van der Waals surface area contributed by atoms with E-state index in [2.05, 4.69) is 15.5 Å². The van der Waals surface area contributed by atoms with Crippen LogP contribution in [0.5, 0.6) is 5.88 Å². The lowest BCUT2D eigenvalue weighted by atomic mass is 10.3. The third kappa shape index (κ3) is 3.99. The Morgan fingerprint density at radius 1 is 1.47 bits per heavy atom. The molecule has 0 spiro atoms. The van der Waals surface area contributed by atoms with Crippen LogP contribution in [0.2, 0.25) is 0 Å². The third-order valence-corrected chi connectivity index (χ3v) is 2.08. The van der Waals surface area contributed by atoms with Gasteiger partial charge in [0.1, 0.15) is 6.10 Å². The smallest absolute Gasteiger partial charge is 0.273 e. The van der Waals surface area contributed by atoms with Crippen molar-refractivity contribution in [2.45, 2.75) is 13.0 Å². The van der Waals surface area contributed by atoms with Gasteiger partial charge >= 0.3 is 0 Å². The van der Waals surface area contributed by atoms with E-state index in [4.69, 9.17) is 4.74 Å². The number of amides is 1. The molecule has 1 aromatic heterocycles. The standard InChI is InChI=1S/C11H18N4O2/c1-8(7-12-2)17-10-6-5-9(13-14-10)11(16)15(3)4/h5-6,8,12H,7H2,1-4H3. The third-order valence-electron chi connectivity index (χ3n) is 2.08. The number of ether oxygens (including phenoxy) is 1. The van der Waals surface area contributed by atoms with Crippen LogP contribution in [0.15, 0.2) is 12.1 Å². The van der Waals surface area contributed by atoms with Gasteiger partial charge in [-0.25, -0.2) is 0 Å². The number of hydrogen-bond acceptors (Lipinski definition) is 5. The summed E-state index contributed by atoms with van der Waals surface area (Å²) in [4.78, 5) is 13.0.